The van der Waals surface area contributed by atoms with Crippen LogP contribution < -0.4 is 11.0 Å². The number of hydrogen-bond acceptors (Lipinski definition) is 4. The van der Waals surface area contributed by atoms with Crippen molar-refractivity contribution in [3.8, 4) is 11.4 Å². The fraction of sp³-hybridized carbons (Fsp3) is 0.375. The van der Waals surface area contributed by atoms with Gasteiger partial charge in [-0.3, -0.25) is 9.36 Å². The van der Waals surface area contributed by atoms with Crippen LogP contribution in [0.3, 0.4) is 0 Å². The van der Waals surface area contributed by atoms with Crippen molar-refractivity contribution in [2.45, 2.75) is 45.1 Å². The first-order valence-electron chi connectivity index (χ1n) is 10.8. The van der Waals surface area contributed by atoms with Crippen LogP contribution in [0.2, 0.25) is 5.02 Å². The fourth-order valence-corrected chi connectivity index (χ4v) is 3.61. The number of aromatic nitrogens is 3. The van der Waals surface area contributed by atoms with E-state index < -0.39 is 28.9 Å². The van der Waals surface area contributed by atoms with E-state index in [1.807, 2.05) is 13.8 Å². The topological polar surface area (TPSA) is 78.2 Å². The molecular formula is C24H26ClF3N4O3. The molecule has 11 heteroatoms. The Kier molecular flexibility index (Phi) is 8.07. The lowest BCUT2D eigenvalue weighted by molar-refractivity contribution is -0.138. The van der Waals surface area contributed by atoms with E-state index in [-0.39, 0.29) is 31.6 Å². The summed E-state index contributed by atoms with van der Waals surface area (Å²) in [5.74, 6) is -0.210. The van der Waals surface area contributed by atoms with Crippen molar-refractivity contribution in [3.05, 3.63) is 75.2 Å². The van der Waals surface area contributed by atoms with E-state index in [4.69, 9.17) is 16.3 Å². The number of benzene rings is 2. The molecule has 1 amide bonds. The number of hydrogen-bond donors (Lipinski definition) is 1. The summed E-state index contributed by atoms with van der Waals surface area (Å²) >= 11 is 5.97. The SMILES string of the molecule is COC(C)(C)Cn1c(-c2ccc(Cl)cc2)nn(CC(=O)NCCc2ccccc2C(F)(F)F)c1=O. The third-order valence-electron chi connectivity index (χ3n) is 5.45. The van der Waals surface area contributed by atoms with Gasteiger partial charge >= 0.3 is 11.9 Å². The molecule has 0 unspecified atom stereocenters. The number of nitrogens with one attached hydrogen (secondary N) is 1. The molecule has 0 spiro atoms. The van der Waals surface area contributed by atoms with Gasteiger partial charge in [-0.1, -0.05) is 29.8 Å². The van der Waals surface area contributed by atoms with Gasteiger partial charge in [0.25, 0.3) is 0 Å². The molecule has 2 aromatic carbocycles. The van der Waals surface area contributed by atoms with Gasteiger partial charge in [0.2, 0.25) is 5.91 Å². The van der Waals surface area contributed by atoms with E-state index in [0.29, 0.717) is 16.4 Å². The second-order valence-corrected chi connectivity index (χ2v) is 9.01. The first kappa shape index (κ1) is 26.5. The van der Waals surface area contributed by atoms with Crippen LogP contribution >= 0.6 is 11.6 Å². The van der Waals surface area contributed by atoms with E-state index in [1.54, 1.807) is 24.3 Å². The van der Waals surface area contributed by atoms with Crippen LogP contribution in [0.15, 0.2) is 53.3 Å². The number of alkyl halides is 3. The third-order valence-corrected chi connectivity index (χ3v) is 5.70. The zero-order valence-electron chi connectivity index (χ0n) is 19.5. The Balaban J connectivity index is 1.77. The van der Waals surface area contributed by atoms with Crippen LogP contribution in [0.1, 0.15) is 25.0 Å². The molecule has 35 heavy (non-hydrogen) atoms. The van der Waals surface area contributed by atoms with Crippen molar-refractivity contribution in [2.24, 2.45) is 0 Å². The Labute approximate surface area is 205 Å². The summed E-state index contributed by atoms with van der Waals surface area (Å²) in [6.45, 7) is 3.39. The van der Waals surface area contributed by atoms with Crippen molar-refractivity contribution in [2.75, 3.05) is 13.7 Å². The quantitative estimate of drug-likeness (QED) is 0.469. The Morgan fingerprint density at radius 1 is 1.11 bits per heavy atom. The number of amides is 1. The van der Waals surface area contributed by atoms with Gasteiger partial charge in [-0.15, -0.1) is 5.10 Å². The van der Waals surface area contributed by atoms with Crippen LogP contribution in [-0.4, -0.2) is 39.5 Å². The molecule has 0 saturated heterocycles. The molecule has 0 fully saturated rings. The van der Waals surface area contributed by atoms with Gasteiger partial charge < -0.3 is 10.1 Å². The monoisotopic (exact) mass is 510 g/mol. The molecule has 0 bridgehead atoms. The van der Waals surface area contributed by atoms with E-state index in [0.717, 1.165) is 10.7 Å². The number of carbonyl (C=O) groups is 1. The molecule has 1 N–H and O–H groups in total. The molecule has 0 saturated carbocycles. The van der Waals surface area contributed by atoms with Crippen molar-refractivity contribution < 1.29 is 22.7 Å². The standard InChI is InChI=1S/C24H26ClF3N4O3/c1-23(2,35-3)15-31-21(17-8-10-18(25)11-9-17)30-32(22(31)34)14-20(33)29-13-12-16-6-4-5-7-19(16)24(26,27)28/h4-11H,12-15H2,1-3H3,(H,29,33). The molecule has 0 aliphatic carbocycles. The fourth-order valence-electron chi connectivity index (χ4n) is 3.49. The van der Waals surface area contributed by atoms with Gasteiger partial charge in [-0.05, 0) is 56.2 Å². The number of methoxy groups -OCH3 is 1. The highest BCUT2D eigenvalue weighted by Gasteiger charge is 2.32. The second kappa shape index (κ2) is 10.7. The molecule has 0 atom stereocenters. The third kappa shape index (κ3) is 6.73. The molecule has 0 aliphatic rings. The zero-order chi connectivity index (χ0) is 25.8. The maximum Gasteiger partial charge on any atom is 0.416 e. The van der Waals surface area contributed by atoms with Crippen molar-refractivity contribution in [3.63, 3.8) is 0 Å². The predicted octanol–water partition coefficient (Wildman–Crippen LogP) is 4.17. The molecule has 0 radical (unpaired) electrons. The van der Waals surface area contributed by atoms with E-state index >= 15 is 0 Å². The Hall–Kier alpha value is -3.11. The molecule has 1 heterocycles. The second-order valence-electron chi connectivity index (χ2n) is 8.58. The first-order chi connectivity index (χ1) is 16.4. The molecule has 188 valence electrons. The Morgan fingerprint density at radius 3 is 2.40 bits per heavy atom. The largest absolute Gasteiger partial charge is 0.416 e. The minimum Gasteiger partial charge on any atom is -0.377 e. The zero-order valence-corrected chi connectivity index (χ0v) is 20.3. The van der Waals surface area contributed by atoms with Crippen LogP contribution in [0.4, 0.5) is 13.2 Å². The average Bonchev–Trinajstić information content (AvgIpc) is 3.08. The van der Waals surface area contributed by atoms with Gasteiger partial charge in [0.05, 0.1) is 17.7 Å². The summed E-state index contributed by atoms with van der Waals surface area (Å²) in [5.41, 5.74) is -1.24. The highest BCUT2D eigenvalue weighted by atomic mass is 35.5. The number of nitrogens with zero attached hydrogens (tertiary/aromatic N) is 3. The molecular weight excluding hydrogens is 485 g/mol. The van der Waals surface area contributed by atoms with Gasteiger partial charge in [0.1, 0.15) is 6.54 Å². The van der Waals surface area contributed by atoms with E-state index in [1.165, 1.54) is 29.9 Å². The van der Waals surface area contributed by atoms with Crippen LogP contribution in [0.5, 0.6) is 0 Å². The number of ether oxygens (including phenoxy) is 1. The minimum absolute atomic E-state index is 0.0111. The van der Waals surface area contributed by atoms with Crippen molar-refractivity contribution in [1.29, 1.82) is 0 Å². The van der Waals surface area contributed by atoms with Gasteiger partial charge in [0, 0.05) is 24.2 Å². The lowest BCUT2D eigenvalue weighted by Gasteiger charge is -2.23. The van der Waals surface area contributed by atoms with Gasteiger partial charge in [-0.25, -0.2) is 9.48 Å². The first-order valence-corrected chi connectivity index (χ1v) is 11.2. The summed E-state index contributed by atoms with van der Waals surface area (Å²) in [7, 11) is 1.53. The Morgan fingerprint density at radius 2 is 1.77 bits per heavy atom. The summed E-state index contributed by atoms with van der Waals surface area (Å²) < 4.78 is 47.4. The van der Waals surface area contributed by atoms with Crippen LogP contribution in [0, 0.1) is 0 Å². The van der Waals surface area contributed by atoms with Crippen molar-refractivity contribution in [1.82, 2.24) is 19.7 Å². The maximum atomic E-state index is 13.2. The Bertz CT molecular complexity index is 1230. The van der Waals surface area contributed by atoms with E-state index in [2.05, 4.69) is 10.4 Å². The van der Waals surface area contributed by atoms with E-state index in [9.17, 15) is 22.8 Å². The van der Waals surface area contributed by atoms with Gasteiger partial charge in [-0.2, -0.15) is 13.2 Å². The summed E-state index contributed by atoms with van der Waals surface area (Å²) in [5, 5.41) is 7.42. The predicted molar refractivity (Wildman–Crippen MR) is 126 cm³/mol. The number of halogens is 4. The van der Waals surface area contributed by atoms with Crippen LogP contribution in [0.25, 0.3) is 11.4 Å². The minimum atomic E-state index is -4.48. The maximum absolute atomic E-state index is 13.2. The molecule has 7 nitrogen and oxygen atoms in total. The highest BCUT2D eigenvalue weighted by Crippen LogP contribution is 2.31. The summed E-state index contributed by atoms with van der Waals surface area (Å²) in [4.78, 5) is 25.6. The molecule has 1 aromatic heterocycles. The highest BCUT2D eigenvalue weighted by molar-refractivity contribution is 6.30. The lowest BCUT2D eigenvalue weighted by atomic mass is 10.0. The smallest absolute Gasteiger partial charge is 0.377 e. The number of carbonyl (C=O) groups excluding carboxylic acids is 1. The van der Waals surface area contributed by atoms with Crippen LogP contribution in [-0.2, 0) is 35.2 Å². The normalized spacial score (nSPS) is 12.1. The molecule has 3 rings (SSSR count). The van der Waals surface area contributed by atoms with Gasteiger partial charge in [0.15, 0.2) is 5.82 Å². The molecule has 3 aromatic rings. The average molecular weight is 511 g/mol. The summed E-state index contributed by atoms with van der Waals surface area (Å²) in [6.07, 6.45) is -4.49. The number of rotatable bonds is 9. The summed E-state index contributed by atoms with van der Waals surface area (Å²) in [6, 6.07) is 12.0. The lowest BCUT2D eigenvalue weighted by Crippen LogP contribution is -2.38. The molecule has 0 aliphatic heterocycles. The van der Waals surface area contributed by atoms with Crippen molar-refractivity contribution >= 4 is 17.5 Å².